The van der Waals surface area contributed by atoms with Crippen LogP contribution >= 0.6 is 0 Å². The molecule has 2 nitrogen and oxygen atoms in total. The van der Waals surface area contributed by atoms with Gasteiger partial charge in [0.25, 0.3) is 0 Å². The van der Waals surface area contributed by atoms with Crippen LogP contribution in [0, 0.1) is 0 Å². The molecule has 2 aliphatic carbocycles. The van der Waals surface area contributed by atoms with Crippen LogP contribution in [0.2, 0.25) is 0 Å². The normalized spacial score (nSPS) is 38.4. The van der Waals surface area contributed by atoms with Gasteiger partial charge >= 0.3 is 0 Å². The van der Waals surface area contributed by atoms with Crippen LogP contribution in [0.15, 0.2) is 0 Å². The fraction of sp³-hybridized carbons (Fsp3) is 1.00. The van der Waals surface area contributed by atoms with E-state index in [1.807, 2.05) is 0 Å². The van der Waals surface area contributed by atoms with Crippen molar-refractivity contribution in [1.82, 2.24) is 5.32 Å². The summed E-state index contributed by atoms with van der Waals surface area (Å²) in [6.45, 7) is 0.546. The second-order valence-electron chi connectivity index (χ2n) is 5.35. The molecule has 0 spiro atoms. The molecule has 0 atom stereocenters. The van der Waals surface area contributed by atoms with E-state index in [-0.39, 0.29) is 6.04 Å². The lowest BCUT2D eigenvalue weighted by atomic mass is 9.83. The second kappa shape index (κ2) is 4.79. The number of alkyl halides is 1. The lowest BCUT2D eigenvalue weighted by Gasteiger charge is -2.33. The minimum Gasteiger partial charge on any atom is -0.328 e. The smallest absolute Gasteiger partial charge is 0.123 e. The Labute approximate surface area is 91.8 Å². The summed E-state index contributed by atoms with van der Waals surface area (Å²) in [7, 11) is 0. The number of rotatable bonds is 3. The molecule has 0 aromatic heterocycles. The van der Waals surface area contributed by atoms with E-state index in [1.54, 1.807) is 0 Å². The molecule has 0 radical (unpaired) electrons. The minimum absolute atomic E-state index is 0.236. The third-order valence-electron chi connectivity index (χ3n) is 3.99. The Hall–Kier alpha value is -0.150. The summed E-state index contributed by atoms with van der Waals surface area (Å²) in [5.74, 6) is 0. The maximum Gasteiger partial charge on any atom is 0.123 e. The summed E-state index contributed by atoms with van der Waals surface area (Å²) in [4.78, 5) is 0. The Balaban J connectivity index is 1.72. The number of halogens is 1. The molecule has 0 saturated heterocycles. The summed E-state index contributed by atoms with van der Waals surface area (Å²) in [5, 5.41) is 3.39. The van der Waals surface area contributed by atoms with Crippen LogP contribution in [-0.4, -0.2) is 24.3 Å². The van der Waals surface area contributed by atoms with E-state index in [0.29, 0.717) is 25.4 Å². The van der Waals surface area contributed by atoms with Crippen LogP contribution in [0.3, 0.4) is 0 Å². The van der Waals surface area contributed by atoms with Crippen LogP contribution in [0.4, 0.5) is 4.39 Å². The highest BCUT2D eigenvalue weighted by Crippen LogP contribution is 2.31. The van der Waals surface area contributed by atoms with Gasteiger partial charge in [0.2, 0.25) is 0 Å². The van der Waals surface area contributed by atoms with E-state index < -0.39 is 5.67 Å². The number of hydrogen-bond acceptors (Lipinski definition) is 2. The Bertz CT molecular complexity index is 194. The molecule has 0 heterocycles. The second-order valence-corrected chi connectivity index (χ2v) is 5.35. The summed E-state index contributed by atoms with van der Waals surface area (Å²) < 4.78 is 14.3. The summed E-state index contributed by atoms with van der Waals surface area (Å²) in [6, 6.07) is 0.814. The van der Waals surface area contributed by atoms with E-state index in [4.69, 9.17) is 5.73 Å². The predicted octanol–water partition coefficient (Wildman–Crippen LogP) is 2.13. The molecule has 3 N–H and O–H groups in total. The van der Waals surface area contributed by atoms with Crippen molar-refractivity contribution in [2.75, 3.05) is 6.54 Å². The van der Waals surface area contributed by atoms with E-state index in [0.717, 1.165) is 12.8 Å². The molecule has 0 unspecified atom stereocenters. The largest absolute Gasteiger partial charge is 0.328 e. The number of nitrogens with two attached hydrogens (primary N) is 1. The first-order valence-electron chi connectivity index (χ1n) is 6.36. The first-order valence-corrected chi connectivity index (χ1v) is 6.36. The lowest BCUT2D eigenvalue weighted by molar-refractivity contribution is 0.0943. The molecule has 0 aliphatic heterocycles. The first kappa shape index (κ1) is 11.3. The minimum atomic E-state index is -0.974. The molecule has 2 saturated carbocycles. The third-order valence-corrected chi connectivity index (χ3v) is 3.99. The van der Waals surface area contributed by atoms with E-state index in [2.05, 4.69) is 5.32 Å². The highest BCUT2D eigenvalue weighted by Gasteiger charge is 2.34. The zero-order valence-electron chi connectivity index (χ0n) is 9.47. The van der Waals surface area contributed by atoms with Gasteiger partial charge in [-0.05, 0) is 38.5 Å². The quantitative estimate of drug-likeness (QED) is 0.755. The van der Waals surface area contributed by atoms with Gasteiger partial charge in [-0.1, -0.05) is 12.8 Å². The molecule has 0 amide bonds. The number of hydrogen-bond donors (Lipinski definition) is 2. The van der Waals surface area contributed by atoms with Gasteiger partial charge in [-0.25, -0.2) is 4.39 Å². The topological polar surface area (TPSA) is 38.0 Å². The molecule has 2 fully saturated rings. The lowest BCUT2D eigenvalue weighted by Crippen LogP contribution is -2.45. The average Bonchev–Trinajstić information content (AvgIpc) is 2.73. The molecule has 2 aliphatic rings. The zero-order valence-corrected chi connectivity index (χ0v) is 9.47. The van der Waals surface area contributed by atoms with Crippen molar-refractivity contribution >= 4 is 0 Å². The van der Waals surface area contributed by atoms with E-state index in [1.165, 1.54) is 25.7 Å². The standard InChI is InChI=1S/C12H23FN2/c13-12(7-5-10(14)6-8-12)9-15-11-3-1-2-4-11/h10-11,15H,1-9,14H2. The van der Waals surface area contributed by atoms with Gasteiger partial charge in [0.1, 0.15) is 5.67 Å². The monoisotopic (exact) mass is 214 g/mol. The van der Waals surface area contributed by atoms with Crippen LogP contribution in [-0.2, 0) is 0 Å². The van der Waals surface area contributed by atoms with Crippen molar-refractivity contribution in [2.45, 2.75) is 69.1 Å². The molecule has 0 bridgehead atoms. The molecule has 0 aromatic carbocycles. The first-order chi connectivity index (χ1) is 7.18. The van der Waals surface area contributed by atoms with Gasteiger partial charge in [-0.3, -0.25) is 0 Å². The maximum atomic E-state index is 14.3. The summed E-state index contributed by atoms with van der Waals surface area (Å²) in [5.41, 5.74) is 4.81. The third kappa shape index (κ3) is 3.15. The van der Waals surface area contributed by atoms with E-state index in [9.17, 15) is 4.39 Å². The molecule has 88 valence electrons. The SMILES string of the molecule is NC1CCC(F)(CNC2CCCC2)CC1. The van der Waals surface area contributed by atoms with Gasteiger partial charge in [0, 0.05) is 18.6 Å². The highest BCUT2D eigenvalue weighted by molar-refractivity contribution is 4.90. The van der Waals surface area contributed by atoms with Crippen molar-refractivity contribution < 1.29 is 4.39 Å². The molecule has 15 heavy (non-hydrogen) atoms. The van der Waals surface area contributed by atoms with Gasteiger partial charge in [0.05, 0.1) is 0 Å². The van der Waals surface area contributed by atoms with Crippen LogP contribution in [0.25, 0.3) is 0 Å². The fourth-order valence-electron chi connectivity index (χ4n) is 2.79. The van der Waals surface area contributed by atoms with Crippen molar-refractivity contribution in [3.63, 3.8) is 0 Å². The van der Waals surface area contributed by atoms with Crippen LogP contribution < -0.4 is 11.1 Å². The zero-order chi connectivity index (χ0) is 10.7. The van der Waals surface area contributed by atoms with Gasteiger partial charge in [-0.15, -0.1) is 0 Å². The van der Waals surface area contributed by atoms with Crippen molar-refractivity contribution in [3.8, 4) is 0 Å². The van der Waals surface area contributed by atoms with Gasteiger partial charge in [-0.2, -0.15) is 0 Å². The highest BCUT2D eigenvalue weighted by atomic mass is 19.1. The van der Waals surface area contributed by atoms with Crippen molar-refractivity contribution in [2.24, 2.45) is 5.73 Å². The summed E-state index contributed by atoms with van der Waals surface area (Å²) >= 11 is 0. The number of nitrogens with one attached hydrogen (secondary N) is 1. The van der Waals surface area contributed by atoms with Gasteiger partial charge < -0.3 is 11.1 Å². The fourth-order valence-corrected chi connectivity index (χ4v) is 2.79. The Morgan fingerprint density at radius 1 is 1.13 bits per heavy atom. The molecule has 0 aromatic rings. The van der Waals surface area contributed by atoms with E-state index >= 15 is 0 Å². The van der Waals surface area contributed by atoms with Crippen LogP contribution in [0.1, 0.15) is 51.4 Å². The maximum absolute atomic E-state index is 14.3. The Morgan fingerprint density at radius 2 is 1.73 bits per heavy atom. The predicted molar refractivity (Wildman–Crippen MR) is 60.5 cm³/mol. The summed E-state index contributed by atoms with van der Waals surface area (Å²) in [6.07, 6.45) is 8.07. The molecule has 3 heteroatoms. The molecular weight excluding hydrogens is 191 g/mol. The Morgan fingerprint density at radius 3 is 2.33 bits per heavy atom. The van der Waals surface area contributed by atoms with Crippen molar-refractivity contribution in [3.05, 3.63) is 0 Å². The van der Waals surface area contributed by atoms with Crippen molar-refractivity contribution in [1.29, 1.82) is 0 Å². The average molecular weight is 214 g/mol. The van der Waals surface area contributed by atoms with Gasteiger partial charge in [0.15, 0.2) is 0 Å². The Kier molecular flexibility index (Phi) is 3.62. The molecular formula is C12H23FN2. The molecule has 2 rings (SSSR count). The van der Waals surface area contributed by atoms with Crippen LogP contribution in [0.5, 0.6) is 0 Å².